The summed E-state index contributed by atoms with van der Waals surface area (Å²) in [4.78, 5) is 12.6. The lowest BCUT2D eigenvalue weighted by molar-refractivity contribution is -0.128. The number of benzene rings is 1. The number of Topliss-reactive ketones (excluding diaryl/α,β-unsaturated/α-hetero) is 1. The maximum Gasteiger partial charge on any atom is 0.213 e. The molecule has 2 fully saturated rings. The number of sulfonamides is 1. The van der Waals surface area contributed by atoms with Gasteiger partial charge in [-0.05, 0) is 35.3 Å². The minimum absolute atomic E-state index is 0.0893. The second kappa shape index (κ2) is 5.38. The summed E-state index contributed by atoms with van der Waals surface area (Å²) in [6.45, 7) is 4.07. The Kier molecular flexibility index (Phi) is 3.70. The number of aliphatic hydroxyl groups is 1. The number of nitrogens with one attached hydrogen (secondary N) is 1. The van der Waals surface area contributed by atoms with E-state index < -0.39 is 27.6 Å². The van der Waals surface area contributed by atoms with Crippen LogP contribution in [0, 0.1) is 16.7 Å². The Balaban J connectivity index is 1.61. The van der Waals surface area contributed by atoms with E-state index >= 15 is 0 Å². The van der Waals surface area contributed by atoms with Crippen LogP contribution in [0.25, 0.3) is 0 Å². The number of hydrogen-bond acceptors (Lipinski definition) is 4. The Hall–Kier alpha value is -1.24. The maximum atomic E-state index is 12.9. The first-order valence-electron chi connectivity index (χ1n) is 8.95. The first-order valence-corrected chi connectivity index (χ1v) is 10.6. The molecule has 5 nitrogen and oxygen atoms in total. The third-order valence-corrected chi connectivity index (χ3v) is 8.57. The molecule has 1 aromatic rings. The van der Waals surface area contributed by atoms with Gasteiger partial charge in [-0.25, -0.2) is 13.1 Å². The van der Waals surface area contributed by atoms with Crippen molar-refractivity contribution < 1.29 is 18.3 Å². The molecular formula is C19H25NO4S. The monoisotopic (exact) mass is 363 g/mol. The van der Waals surface area contributed by atoms with Crippen molar-refractivity contribution in [3.05, 3.63) is 35.4 Å². The Morgan fingerprint density at radius 1 is 1.24 bits per heavy atom. The summed E-state index contributed by atoms with van der Waals surface area (Å²) in [5, 5.41) is 10.3. The SMILES string of the molecule is CC1(C)C2CCC1(CS(=O)(=O)NC1c3ccccc3CC1O)C(=O)C2. The van der Waals surface area contributed by atoms with E-state index in [-0.39, 0.29) is 22.9 Å². The summed E-state index contributed by atoms with van der Waals surface area (Å²) in [7, 11) is -3.70. The van der Waals surface area contributed by atoms with E-state index in [1.165, 1.54) is 0 Å². The second-order valence-electron chi connectivity index (χ2n) is 8.49. The lowest BCUT2D eigenvalue weighted by Crippen LogP contribution is -2.46. The largest absolute Gasteiger partial charge is 0.391 e. The molecule has 4 unspecified atom stereocenters. The lowest BCUT2D eigenvalue weighted by atomic mass is 9.70. The van der Waals surface area contributed by atoms with E-state index in [0.29, 0.717) is 19.3 Å². The molecule has 0 amide bonds. The van der Waals surface area contributed by atoms with Crippen LogP contribution in [0.4, 0.5) is 0 Å². The minimum atomic E-state index is -3.70. The number of hydrogen-bond donors (Lipinski definition) is 2. The highest BCUT2D eigenvalue weighted by atomic mass is 32.2. The van der Waals surface area contributed by atoms with Gasteiger partial charge in [0.2, 0.25) is 10.0 Å². The molecule has 1 aromatic carbocycles. The van der Waals surface area contributed by atoms with Gasteiger partial charge >= 0.3 is 0 Å². The number of carbonyl (C=O) groups excluding carboxylic acids is 1. The topological polar surface area (TPSA) is 83.5 Å². The number of rotatable bonds is 4. The van der Waals surface area contributed by atoms with Gasteiger partial charge in [-0.3, -0.25) is 4.79 Å². The molecule has 0 spiro atoms. The fourth-order valence-electron chi connectivity index (χ4n) is 5.38. The van der Waals surface area contributed by atoms with E-state index in [1.54, 1.807) is 0 Å². The van der Waals surface area contributed by atoms with Crippen molar-refractivity contribution in [3.63, 3.8) is 0 Å². The van der Waals surface area contributed by atoms with Crippen molar-refractivity contribution in [2.45, 2.75) is 51.7 Å². The molecule has 2 N–H and O–H groups in total. The smallest absolute Gasteiger partial charge is 0.213 e. The lowest BCUT2D eigenvalue weighted by Gasteiger charge is -2.36. The van der Waals surface area contributed by atoms with Crippen molar-refractivity contribution in [3.8, 4) is 0 Å². The van der Waals surface area contributed by atoms with Crippen molar-refractivity contribution in [2.75, 3.05) is 5.75 Å². The van der Waals surface area contributed by atoms with Crippen molar-refractivity contribution in [1.82, 2.24) is 4.72 Å². The van der Waals surface area contributed by atoms with Gasteiger partial charge in [-0.1, -0.05) is 38.1 Å². The maximum absolute atomic E-state index is 12.9. The quantitative estimate of drug-likeness (QED) is 0.857. The van der Waals surface area contributed by atoms with E-state index in [1.807, 2.05) is 38.1 Å². The molecule has 2 bridgehead atoms. The summed E-state index contributed by atoms with van der Waals surface area (Å²) in [6.07, 6.45) is 1.74. The molecule has 0 aromatic heterocycles. The third kappa shape index (κ3) is 2.41. The third-order valence-electron chi connectivity index (χ3n) is 7.09. The van der Waals surface area contributed by atoms with Gasteiger partial charge in [0.1, 0.15) is 5.78 Å². The van der Waals surface area contributed by atoms with Crippen LogP contribution in [0.2, 0.25) is 0 Å². The van der Waals surface area contributed by atoms with E-state index in [0.717, 1.165) is 17.5 Å². The van der Waals surface area contributed by atoms with Crippen LogP contribution in [-0.2, 0) is 21.2 Å². The molecular weight excluding hydrogens is 338 g/mol. The number of fused-ring (bicyclic) bond motifs is 3. The Morgan fingerprint density at radius 2 is 1.96 bits per heavy atom. The first kappa shape index (κ1) is 17.2. The van der Waals surface area contributed by atoms with E-state index in [9.17, 15) is 18.3 Å². The van der Waals surface area contributed by atoms with Gasteiger partial charge in [-0.2, -0.15) is 0 Å². The van der Waals surface area contributed by atoms with Crippen LogP contribution >= 0.6 is 0 Å². The normalized spacial score (nSPS) is 36.0. The second-order valence-corrected chi connectivity index (χ2v) is 10.2. The molecule has 3 aliphatic carbocycles. The highest BCUT2D eigenvalue weighted by Gasteiger charge is 2.65. The Labute approximate surface area is 148 Å². The standard InChI is InChI=1S/C19H25NO4S/c1-18(2)13-7-8-19(18,16(22)10-13)11-25(23,24)20-17-14-6-4-3-5-12(14)9-15(17)21/h3-6,13,15,17,20-21H,7-11H2,1-2H3. The highest BCUT2D eigenvalue weighted by Crippen LogP contribution is 2.64. The van der Waals surface area contributed by atoms with Gasteiger partial charge in [0, 0.05) is 18.3 Å². The van der Waals surface area contributed by atoms with Crippen molar-refractivity contribution >= 4 is 15.8 Å². The fourth-order valence-corrected chi connectivity index (χ4v) is 7.46. The summed E-state index contributed by atoms with van der Waals surface area (Å²) in [6, 6.07) is 6.88. The van der Waals surface area contributed by atoms with Gasteiger partial charge < -0.3 is 5.11 Å². The number of carbonyl (C=O) groups is 1. The number of aliphatic hydroxyl groups excluding tert-OH is 1. The van der Waals surface area contributed by atoms with Crippen LogP contribution in [0.1, 0.15) is 50.3 Å². The Bertz CT molecular complexity index is 832. The molecule has 3 aliphatic rings. The average molecular weight is 363 g/mol. The van der Waals surface area contributed by atoms with Crippen LogP contribution in [-0.4, -0.2) is 31.2 Å². The summed E-state index contributed by atoms with van der Waals surface area (Å²) in [5.74, 6) is 0.202. The van der Waals surface area contributed by atoms with Crippen molar-refractivity contribution in [2.24, 2.45) is 16.7 Å². The molecule has 4 atom stereocenters. The van der Waals surface area contributed by atoms with Gasteiger partial charge in [0.05, 0.1) is 17.9 Å². The molecule has 136 valence electrons. The molecule has 4 rings (SSSR count). The van der Waals surface area contributed by atoms with Gasteiger partial charge in [0.15, 0.2) is 0 Å². The average Bonchev–Trinajstić information content (AvgIpc) is 3.02. The molecule has 25 heavy (non-hydrogen) atoms. The highest BCUT2D eigenvalue weighted by molar-refractivity contribution is 7.89. The zero-order chi connectivity index (χ0) is 18.0. The Morgan fingerprint density at radius 3 is 2.60 bits per heavy atom. The predicted molar refractivity (Wildman–Crippen MR) is 94.4 cm³/mol. The van der Waals surface area contributed by atoms with Gasteiger partial charge in [-0.15, -0.1) is 0 Å². The molecule has 6 heteroatoms. The van der Waals surface area contributed by atoms with Gasteiger partial charge in [0.25, 0.3) is 0 Å². The summed E-state index contributed by atoms with van der Waals surface area (Å²) in [5.41, 5.74) is 0.730. The van der Waals surface area contributed by atoms with Crippen LogP contribution in [0.5, 0.6) is 0 Å². The van der Waals surface area contributed by atoms with E-state index in [4.69, 9.17) is 0 Å². The zero-order valence-corrected chi connectivity index (χ0v) is 15.5. The molecule has 0 radical (unpaired) electrons. The summed E-state index contributed by atoms with van der Waals surface area (Å²) < 4.78 is 28.6. The van der Waals surface area contributed by atoms with Crippen LogP contribution in [0.15, 0.2) is 24.3 Å². The first-order chi connectivity index (χ1) is 11.7. The fraction of sp³-hybridized carbons (Fsp3) is 0.632. The van der Waals surface area contributed by atoms with E-state index in [2.05, 4.69) is 4.72 Å². The van der Waals surface area contributed by atoms with Crippen LogP contribution < -0.4 is 4.72 Å². The molecule has 2 saturated carbocycles. The number of ketones is 1. The minimum Gasteiger partial charge on any atom is -0.391 e. The predicted octanol–water partition coefficient (Wildman–Crippen LogP) is 1.96. The van der Waals surface area contributed by atoms with Crippen molar-refractivity contribution in [1.29, 1.82) is 0 Å². The molecule has 0 heterocycles. The summed E-state index contributed by atoms with van der Waals surface area (Å²) >= 11 is 0. The zero-order valence-electron chi connectivity index (χ0n) is 14.7. The van der Waals surface area contributed by atoms with Crippen LogP contribution in [0.3, 0.4) is 0 Å². The molecule has 0 saturated heterocycles. The molecule has 0 aliphatic heterocycles.